The average Bonchev–Trinajstić information content (AvgIpc) is 2.37. The van der Waals surface area contributed by atoms with Gasteiger partial charge in [-0.15, -0.1) is 0 Å². The van der Waals surface area contributed by atoms with E-state index < -0.39 is 0 Å². The van der Waals surface area contributed by atoms with Gasteiger partial charge in [0.25, 0.3) is 0 Å². The zero-order valence-corrected chi connectivity index (χ0v) is 10.9. The van der Waals surface area contributed by atoms with Crippen molar-refractivity contribution in [2.45, 2.75) is 19.4 Å². The van der Waals surface area contributed by atoms with Crippen molar-refractivity contribution in [2.75, 3.05) is 33.3 Å². The molecule has 1 aromatic rings. The largest absolute Gasteiger partial charge is 0.395 e. The lowest BCUT2D eigenvalue weighted by atomic mass is 10.1. The highest BCUT2D eigenvalue weighted by atomic mass is 16.3. The summed E-state index contributed by atoms with van der Waals surface area (Å²) < 4.78 is 0. The highest BCUT2D eigenvalue weighted by Gasteiger charge is 2.08. The summed E-state index contributed by atoms with van der Waals surface area (Å²) in [6.45, 7) is 5.07. The van der Waals surface area contributed by atoms with Gasteiger partial charge in [0.1, 0.15) is 0 Å². The topological polar surface area (TPSA) is 35.5 Å². The molecular formula is C14H24N2O. The van der Waals surface area contributed by atoms with E-state index in [-0.39, 0.29) is 12.6 Å². The van der Waals surface area contributed by atoms with E-state index in [9.17, 15) is 5.11 Å². The number of hydrogen-bond acceptors (Lipinski definition) is 3. The van der Waals surface area contributed by atoms with Gasteiger partial charge < -0.3 is 15.3 Å². The van der Waals surface area contributed by atoms with Crippen molar-refractivity contribution in [1.29, 1.82) is 0 Å². The van der Waals surface area contributed by atoms with E-state index in [2.05, 4.69) is 48.5 Å². The molecule has 17 heavy (non-hydrogen) atoms. The summed E-state index contributed by atoms with van der Waals surface area (Å²) in [4.78, 5) is 2.26. The molecule has 0 radical (unpaired) electrons. The van der Waals surface area contributed by atoms with Crippen LogP contribution in [0, 0.1) is 0 Å². The number of nitrogens with one attached hydrogen (secondary N) is 1. The summed E-state index contributed by atoms with van der Waals surface area (Å²) >= 11 is 0. The van der Waals surface area contributed by atoms with Gasteiger partial charge in [-0.1, -0.05) is 37.3 Å². The van der Waals surface area contributed by atoms with Crippen LogP contribution in [0.15, 0.2) is 30.3 Å². The van der Waals surface area contributed by atoms with Crippen molar-refractivity contribution in [3.63, 3.8) is 0 Å². The van der Waals surface area contributed by atoms with Crippen LogP contribution in [0.3, 0.4) is 0 Å². The molecule has 0 aliphatic heterocycles. The minimum absolute atomic E-state index is 0.181. The van der Waals surface area contributed by atoms with Crippen molar-refractivity contribution < 1.29 is 5.11 Å². The molecule has 0 aliphatic carbocycles. The predicted molar refractivity (Wildman–Crippen MR) is 72.2 cm³/mol. The number of nitrogens with zero attached hydrogens (tertiary/aromatic N) is 1. The zero-order chi connectivity index (χ0) is 12.5. The molecule has 1 unspecified atom stereocenters. The Labute approximate surface area is 104 Å². The number of hydrogen-bond donors (Lipinski definition) is 2. The summed E-state index contributed by atoms with van der Waals surface area (Å²) in [5.41, 5.74) is 1.36. The molecule has 0 heterocycles. The number of aliphatic hydroxyl groups excluding tert-OH is 1. The highest BCUT2D eigenvalue weighted by Crippen LogP contribution is 2.01. The first kappa shape index (κ1) is 14.2. The molecule has 1 aromatic carbocycles. The minimum atomic E-state index is 0.181. The summed E-state index contributed by atoms with van der Waals surface area (Å²) in [5, 5.41) is 12.5. The van der Waals surface area contributed by atoms with Crippen LogP contribution in [0.1, 0.15) is 12.5 Å². The average molecular weight is 236 g/mol. The number of benzene rings is 1. The number of rotatable bonds is 8. The highest BCUT2D eigenvalue weighted by molar-refractivity contribution is 5.14. The molecule has 2 N–H and O–H groups in total. The third-order valence-corrected chi connectivity index (χ3v) is 2.87. The van der Waals surface area contributed by atoms with Gasteiger partial charge >= 0.3 is 0 Å². The van der Waals surface area contributed by atoms with Gasteiger partial charge in [-0.05, 0) is 25.6 Å². The van der Waals surface area contributed by atoms with E-state index >= 15 is 0 Å². The Morgan fingerprint density at radius 3 is 2.59 bits per heavy atom. The normalized spacial score (nSPS) is 12.9. The molecule has 1 rings (SSSR count). The van der Waals surface area contributed by atoms with Crippen LogP contribution in [-0.2, 0) is 6.42 Å². The van der Waals surface area contributed by atoms with Gasteiger partial charge in [0, 0.05) is 19.1 Å². The lowest BCUT2D eigenvalue weighted by Gasteiger charge is -2.23. The zero-order valence-electron chi connectivity index (χ0n) is 10.9. The van der Waals surface area contributed by atoms with E-state index in [1.54, 1.807) is 0 Å². The van der Waals surface area contributed by atoms with Crippen molar-refractivity contribution in [2.24, 2.45) is 0 Å². The maximum Gasteiger partial charge on any atom is 0.0597 e. The van der Waals surface area contributed by atoms with Crippen LogP contribution in [0.25, 0.3) is 0 Å². The maximum atomic E-state index is 9.20. The summed E-state index contributed by atoms with van der Waals surface area (Å²) in [6, 6.07) is 10.7. The lowest BCUT2D eigenvalue weighted by Crippen LogP contribution is -2.42. The van der Waals surface area contributed by atoms with E-state index in [0.717, 1.165) is 26.1 Å². The molecule has 0 saturated heterocycles. The van der Waals surface area contributed by atoms with Crippen LogP contribution in [0.2, 0.25) is 0 Å². The molecule has 3 nitrogen and oxygen atoms in total. The molecular weight excluding hydrogens is 212 g/mol. The molecule has 0 spiro atoms. The molecule has 3 heteroatoms. The Balaban J connectivity index is 2.27. The van der Waals surface area contributed by atoms with E-state index in [1.165, 1.54) is 5.56 Å². The van der Waals surface area contributed by atoms with E-state index in [0.29, 0.717) is 0 Å². The molecule has 96 valence electrons. The first-order chi connectivity index (χ1) is 8.26. The van der Waals surface area contributed by atoms with Crippen molar-refractivity contribution >= 4 is 0 Å². The third kappa shape index (κ3) is 5.82. The predicted octanol–water partition coefficient (Wildman–Crippen LogP) is 1.13. The van der Waals surface area contributed by atoms with Gasteiger partial charge in [-0.3, -0.25) is 0 Å². The molecule has 1 atom stereocenters. The molecule has 0 saturated carbocycles. The fraction of sp³-hybridized carbons (Fsp3) is 0.571. The Morgan fingerprint density at radius 1 is 1.29 bits per heavy atom. The number of aliphatic hydroxyl groups is 1. The minimum Gasteiger partial charge on any atom is -0.395 e. The summed E-state index contributed by atoms with van der Waals surface area (Å²) in [7, 11) is 2.10. The fourth-order valence-electron chi connectivity index (χ4n) is 1.91. The second-order valence-corrected chi connectivity index (χ2v) is 4.44. The third-order valence-electron chi connectivity index (χ3n) is 2.87. The van der Waals surface area contributed by atoms with Crippen molar-refractivity contribution in [1.82, 2.24) is 10.2 Å². The van der Waals surface area contributed by atoms with Crippen LogP contribution in [0.5, 0.6) is 0 Å². The van der Waals surface area contributed by atoms with Gasteiger partial charge in [0.05, 0.1) is 6.61 Å². The van der Waals surface area contributed by atoms with Crippen molar-refractivity contribution in [3.8, 4) is 0 Å². The summed E-state index contributed by atoms with van der Waals surface area (Å²) in [6.07, 6.45) is 1.06. The van der Waals surface area contributed by atoms with Gasteiger partial charge in [-0.25, -0.2) is 0 Å². The first-order valence-electron chi connectivity index (χ1n) is 6.33. The van der Waals surface area contributed by atoms with Crippen LogP contribution in [-0.4, -0.2) is 49.3 Å². The number of likely N-dealkylation sites (N-methyl/N-ethyl adjacent to an activating group) is 2. The van der Waals surface area contributed by atoms with E-state index in [4.69, 9.17) is 0 Å². The smallest absolute Gasteiger partial charge is 0.0597 e. The van der Waals surface area contributed by atoms with Crippen LogP contribution in [0.4, 0.5) is 0 Å². The monoisotopic (exact) mass is 236 g/mol. The molecule has 0 amide bonds. The van der Waals surface area contributed by atoms with Gasteiger partial charge in [-0.2, -0.15) is 0 Å². The van der Waals surface area contributed by atoms with Gasteiger partial charge in [0.15, 0.2) is 0 Å². The second-order valence-electron chi connectivity index (χ2n) is 4.44. The van der Waals surface area contributed by atoms with Crippen molar-refractivity contribution in [3.05, 3.63) is 35.9 Å². The first-order valence-corrected chi connectivity index (χ1v) is 6.33. The van der Waals surface area contributed by atoms with Crippen LogP contribution >= 0.6 is 0 Å². The molecule has 0 bridgehead atoms. The Kier molecular flexibility index (Phi) is 6.86. The Morgan fingerprint density at radius 2 is 2.00 bits per heavy atom. The molecule has 0 aromatic heterocycles. The van der Waals surface area contributed by atoms with E-state index in [1.807, 2.05) is 6.07 Å². The fourth-order valence-corrected chi connectivity index (χ4v) is 1.91. The maximum absolute atomic E-state index is 9.20. The van der Waals surface area contributed by atoms with Crippen LogP contribution < -0.4 is 5.32 Å². The van der Waals surface area contributed by atoms with Gasteiger partial charge in [0.2, 0.25) is 0 Å². The molecule has 0 aliphatic rings. The molecule has 0 fully saturated rings. The lowest BCUT2D eigenvalue weighted by molar-refractivity contribution is 0.201. The Hall–Kier alpha value is -0.900. The quantitative estimate of drug-likeness (QED) is 0.710. The second kappa shape index (κ2) is 8.23. The standard InChI is InChI=1S/C14H24N2O/c1-3-15-14(12-17)11-16(2)10-9-13-7-5-4-6-8-13/h4-8,14-15,17H,3,9-12H2,1-2H3. The summed E-state index contributed by atoms with van der Waals surface area (Å²) in [5.74, 6) is 0. The SMILES string of the molecule is CCNC(CO)CN(C)CCc1ccccc1. The Bertz CT molecular complexity index is 290.